The summed E-state index contributed by atoms with van der Waals surface area (Å²) in [7, 11) is 2.03. The van der Waals surface area contributed by atoms with Crippen LogP contribution in [0.15, 0.2) is 18.6 Å². The van der Waals surface area contributed by atoms with E-state index in [4.69, 9.17) is 5.84 Å². The van der Waals surface area contributed by atoms with Gasteiger partial charge in [-0.1, -0.05) is 20.8 Å². The Labute approximate surface area is 113 Å². The van der Waals surface area contributed by atoms with Crippen LogP contribution in [0.5, 0.6) is 0 Å². The number of nitrogen functional groups attached to an aromatic ring is 1. The van der Waals surface area contributed by atoms with Crippen molar-refractivity contribution in [3.63, 3.8) is 0 Å². The van der Waals surface area contributed by atoms with Gasteiger partial charge in [-0.2, -0.15) is 0 Å². The molecular formula is C13H22N6. The minimum absolute atomic E-state index is 0.145. The minimum Gasteiger partial charge on any atom is -0.353 e. The molecule has 1 unspecified atom stereocenters. The predicted octanol–water partition coefficient (Wildman–Crippen LogP) is 1.89. The lowest BCUT2D eigenvalue weighted by atomic mass is 9.87. The lowest BCUT2D eigenvalue weighted by Crippen LogP contribution is -2.40. The van der Waals surface area contributed by atoms with E-state index in [1.165, 1.54) is 0 Å². The molecule has 0 aromatic carbocycles. The van der Waals surface area contributed by atoms with Crippen LogP contribution in [0.4, 0.5) is 11.6 Å². The van der Waals surface area contributed by atoms with Gasteiger partial charge in [-0.25, -0.2) is 15.8 Å². The third-order valence-corrected chi connectivity index (χ3v) is 3.67. The molecule has 104 valence electrons. The second-order valence-electron chi connectivity index (χ2n) is 5.91. The maximum absolute atomic E-state index is 5.48. The molecule has 2 rings (SSSR count). The molecule has 2 heterocycles. The number of imidazole rings is 1. The number of nitrogens with one attached hydrogen (secondary N) is 1. The van der Waals surface area contributed by atoms with Crippen molar-refractivity contribution in [2.24, 2.45) is 11.3 Å². The van der Waals surface area contributed by atoms with Crippen molar-refractivity contribution in [2.45, 2.75) is 33.7 Å². The smallest absolute Gasteiger partial charge is 0.180 e. The summed E-state index contributed by atoms with van der Waals surface area (Å²) < 4.78 is 1.92. The average molecular weight is 262 g/mol. The number of hydrogen-bond donors (Lipinski definition) is 2. The first-order chi connectivity index (χ1) is 8.84. The molecule has 19 heavy (non-hydrogen) atoms. The fourth-order valence-electron chi connectivity index (χ4n) is 1.99. The van der Waals surface area contributed by atoms with E-state index in [0.717, 1.165) is 11.5 Å². The van der Waals surface area contributed by atoms with E-state index in [2.05, 4.69) is 48.0 Å². The molecule has 1 atom stereocenters. The van der Waals surface area contributed by atoms with Crippen LogP contribution in [0.3, 0.4) is 0 Å². The summed E-state index contributed by atoms with van der Waals surface area (Å²) in [6, 6.07) is 0.313. The van der Waals surface area contributed by atoms with Crippen LogP contribution >= 0.6 is 0 Å². The number of hydrazine groups is 1. The van der Waals surface area contributed by atoms with Gasteiger partial charge in [-0.3, -0.25) is 0 Å². The summed E-state index contributed by atoms with van der Waals surface area (Å²) in [5.74, 6) is 6.92. The maximum Gasteiger partial charge on any atom is 0.180 e. The van der Waals surface area contributed by atoms with E-state index in [9.17, 15) is 0 Å². The fraction of sp³-hybridized carbons (Fsp3) is 0.538. The van der Waals surface area contributed by atoms with Crippen molar-refractivity contribution in [3.8, 4) is 0 Å². The SMILES string of the molecule is CC(N(C)c1nc(NN)cn2ccnc12)C(C)(C)C. The second-order valence-corrected chi connectivity index (χ2v) is 5.91. The first-order valence-electron chi connectivity index (χ1n) is 6.37. The lowest BCUT2D eigenvalue weighted by Gasteiger charge is -2.36. The van der Waals surface area contributed by atoms with Crippen LogP contribution in [0.25, 0.3) is 5.65 Å². The Morgan fingerprint density at radius 2 is 2.11 bits per heavy atom. The van der Waals surface area contributed by atoms with Gasteiger partial charge in [0.25, 0.3) is 0 Å². The van der Waals surface area contributed by atoms with Gasteiger partial charge in [0.15, 0.2) is 17.3 Å². The fourth-order valence-corrected chi connectivity index (χ4v) is 1.99. The summed E-state index contributed by atoms with van der Waals surface area (Å²) in [5, 5.41) is 0. The van der Waals surface area contributed by atoms with E-state index in [0.29, 0.717) is 11.9 Å². The van der Waals surface area contributed by atoms with E-state index >= 15 is 0 Å². The standard InChI is InChI=1S/C13H22N6/c1-9(13(2,3)4)18(5)12-11-15-6-7-19(11)8-10(16-12)17-14/h6-9,17H,14H2,1-5H3. The molecule has 2 aromatic heterocycles. The van der Waals surface area contributed by atoms with Crippen molar-refractivity contribution in [1.82, 2.24) is 14.4 Å². The second kappa shape index (κ2) is 4.70. The quantitative estimate of drug-likeness (QED) is 0.653. The predicted molar refractivity (Wildman–Crippen MR) is 78.1 cm³/mol. The molecule has 0 spiro atoms. The molecule has 6 nitrogen and oxygen atoms in total. The number of anilines is 2. The normalized spacial score (nSPS) is 13.6. The van der Waals surface area contributed by atoms with Crippen molar-refractivity contribution < 1.29 is 0 Å². The van der Waals surface area contributed by atoms with Gasteiger partial charge < -0.3 is 14.7 Å². The molecule has 0 fully saturated rings. The molecule has 0 radical (unpaired) electrons. The molecule has 6 heteroatoms. The van der Waals surface area contributed by atoms with E-state index in [1.54, 1.807) is 6.20 Å². The van der Waals surface area contributed by atoms with Crippen LogP contribution in [0.1, 0.15) is 27.7 Å². The third kappa shape index (κ3) is 2.49. The monoisotopic (exact) mass is 262 g/mol. The number of nitrogens with zero attached hydrogens (tertiary/aromatic N) is 4. The van der Waals surface area contributed by atoms with Gasteiger partial charge in [0.2, 0.25) is 0 Å². The summed E-state index contributed by atoms with van der Waals surface area (Å²) >= 11 is 0. The van der Waals surface area contributed by atoms with Crippen molar-refractivity contribution in [2.75, 3.05) is 17.4 Å². The molecule has 3 N–H and O–H groups in total. The molecule has 2 aromatic rings. The van der Waals surface area contributed by atoms with Gasteiger partial charge >= 0.3 is 0 Å². The molecule has 0 amide bonds. The van der Waals surface area contributed by atoms with Gasteiger partial charge in [0, 0.05) is 25.5 Å². The Bertz CT molecular complexity index is 568. The number of aromatic nitrogens is 3. The summed E-state index contributed by atoms with van der Waals surface area (Å²) in [5.41, 5.74) is 3.57. The Morgan fingerprint density at radius 3 is 2.68 bits per heavy atom. The first kappa shape index (κ1) is 13.6. The first-order valence-corrected chi connectivity index (χ1v) is 6.37. The maximum atomic E-state index is 5.48. The highest BCUT2D eigenvalue weighted by Crippen LogP contribution is 2.28. The Hall–Kier alpha value is -1.82. The molecule has 0 aliphatic carbocycles. The topological polar surface area (TPSA) is 71.5 Å². The zero-order valence-corrected chi connectivity index (χ0v) is 12.2. The largest absolute Gasteiger partial charge is 0.353 e. The van der Waals surface area contributed by atoms with Gasteiger partial charge in [0.05, 0.1) is 6.20 Å². The van der Waals surface area contributed by atoms with E-state index in [-0.39, 0.29) is 5.41 Å². The molecular weight excluding hydrogens is 240 g/mol. The van der Waals surface area contributed by atoms with E-state index in [1.807, 2.05) is 23.8 Å². The number of nitrogens with two attached hydrogens (primary N) is 1. The van der Waals surface area contributed by atoms with Gasteiger partial charge in [0.1, 0.15) is 0 Å². The highest BCUT2D eigenvalue weighted by molar-refractivity contribution is 5.66. The van der Waals surface area contributed by atoms with Crippen LogP contribution in [0, 0.1) is 5.41 Å². The number of rotatable bonds is 3. The van der Waals surface area contributed by atoms with Crippen molar-refractivity contribution >= 4 is 17.3 Å². The summed E-state index contributed by atoms with van der Waals surface area (Å²) in [4.78, 5) is 11.0. The lowest BCUT2D eigenvalue weighted by molar-refractivity contribution is 0.329. The van der Waals surface area contributed by atoms with Crippen molar-refractivity contribution in [3.05, 3.63) is 18.6 Å². The zero-order valence-electron chi connectivity index (χ0n) is 12.2. The van der Waals surface area contributed by atoms with E-state index < -0.39 is 0 Å². The van der Waals surface area contributed by atoms with Crippen molar-refractivity contribution in [1.29, 1.82) is 0 Å². The number of hydrogen-bond acceptors (Lipinski definition) is 5. The molecule has 0 saturated heterocycles. The minimum atomic E-state index is 0.145. The molecule has 0 aliphatic rings. The zero-order chi connectivity index (χ0) is 14.2. The Kier molecular flexibility index (Phi) is 3.36. The molecule has 0 aliphatic heterocycles. The van der Waals surface area contributed by atoms with Gasteiger partial charge in [-0.15, -0.1) is 0 Å². The summed E-state index contributed by atoms with van der Waals surface area (Å²) in [6.07, 6.45) is 5.47. The van der Waals surface area contributed by atoms with Gasteiger partial charge in [-0.05, 0) is 12.3 Å². The van der Waals surface area contributed by atoms with Crippen LogP contribution in [0.2, 0.25) is 0 Å². The summed E-state index contributed by atoms with van der Waals surface area (Å²) in [6.45, 7) is 8.82. The van der Waals surface area contributed by atoms with Crippen LogP contribution < -0.4 is 16.2 Å². The Balaban J connectivity index is 2.51. The number of fused-ring (bicyclic) bond motifs is 1. The average Bonchev–Trinajstić information content (AvgIpc) is 2.82. The highest BCUT2D eigenvalue weighted by Gasteiger charge is 2.26. The third-order valence-electron chi connectivity index (χ3n) is 3.67. The highest BCUT2D eigenvalue weighted by atomic mass is 15.3. The van der Waals surface area contributed by atoms with Crippen LogP contribution in [-0.2, 0) is 0 Å². The molecule has 0 saturated carbocycles. The molecule has 0 bridgehead atoms. The van der Waals surface area contributed by atoms with Crippen LogP contribution in [-0.4, -0.2) is 27.5 Å². The Morgan fingerprint density at radius 1 is 1.42 bits per heavy atom.